The molecular weight excluding hydrogens is 682 g/mol. The van der Waals surface area contributed by atoms with Gasteiger partial charge in [0.05, 0.1) is 16.8 Å². The van der Waals surface area contributed by atoms with Gasteiger partial charge in [0.15, 0.2) is 29.6 Å². The third-order valence-electron chi connectivity index (χ3n) is 9.68. The fourth-order valence-electron chi connectivity index (χ4n) is 7.49. The van der Waals surface area contributed by atoms with Crippen molar-refractivity contribution in [2.75, 3.05) is 14.1 Å². The standard InChI is InChI=1S/C20H19F2N3O2.C18H12F2N2O3/c1-20(13-6-10(26)4-5-11(13)19(27)24-20)18-12-7-14(21)15(22)8-16(12)23-17(18)9-25(2)3;1-18(11-4-8(24)2-3-9(11)17(25)22-18)16-10-5-12(19)13(20)6-14(10)21-15(16)7-23/h4-8,23,26H,9H2,1-3H3,(H,24,27);2-7,21,24H,1H3,(H,22,25). The molecule has 2 unspecified atom stereocenters. The second kappa shape index (κ2) is 12.0. The molecule has 2 aliphatic rings. The Balaban J connectivity index is 0.000000162. The molecule has 2 amide bonds. The van der Waals surface area contributed by atoms with Crippen molar-refractivity contribution in [1.29, 1.82) is 0 Å². The molecule has 2 atom stereocenters. The van der Waals surface area contributed by atoms with E-state index in [9.17, 15) is 42.2 Å². The van der Waals surface area contributed by atoms with Gasteiger partial charge in [0.25, 0.3) is 11.8 Å². The first-order valence-electron chi connectivity index (χ1n) is 16.0. The number of nitrogens with one attached hydrogen (secondary N) is 4. The Bertz CT molecular complexity index is 2510. The summed E-state index contributed by atoms with van der Waals surface area (Å²) in [5.41, 5.74) is 2.13. The Morgan fingerprint density at radius 3 is 1.60 bits per heavy atom. The first kappa shape index (κ1) is 34.3. The lowest BCUT2D eigenvalue weighted by molar-refractivity contribution is 0.0936. The summed E-state index contributed by atoms with van der Waals surface area (Å²) in [7, 11) is 3.76. The average molecular weight is 714 g/mol. The number of aromatic hydroxyl groups is 2. The van der Waals surface area contributed by atoms with Gasteiger partial charge in [-0.1, -0.05) is 0 Å². The number of aromatic amines is 2. The van der Waals surface area contributed by atoms with Gasteiger partial charge in [0.2, 0.25) is 0 Å². The van der Waals surface area contributed by atoms with E-state index in [1.165, 1.54) is 30.3 Å². The quantitative estimate of drug-likeness (QED) is 0.0927. The summed E-state index contributed by atoms with van der Waals surface area (Å²) in [6, 6.07) is 13.0. The molecule has 4 heterocycles. The lowest BCUT2D eigenvalue weighted by Gasteiger charge is -2.28. The number of rotatable bonds is 5. The molecule has 6 N–H and O–H groups in total. The van der Waals surface area contributed by atoms with Crippen molar-refractivity contribution in [3.8, 4) is 11.5 Å². The van der Waals surface area contributed by atoms with Crippen molar-refractivity contribution in [2.45, 2.75) is 31.5 Å². The van der Waals surface area contributed by atoms with E-state index < -0.39 is 34.3 Å². The summed E-state index contributed by atoms with van der Waals surface area (Å²) in [5.74, 6) is -4.68. The van der Waals surface area contributed by atoms with Crippen LogP contribution in [0.4, 0.5) is 17.6 Å². The summed E-state index contributed by atoms with van der Waals surface area (Å²) in [6.45, 7) is 3.93. The second-order valence-corrected chi connectivity index (χ2v) is 13.5. The number of carbonyl (C=O) groups excluding carboxylic acids is 3. The Hall–Kier alpha value is -6.15. The number of hydrogen-bond acceptors (Lipinski definition) is 6. The van der Waals surface area contributed by atoms with Crippen LogP contribution in [0.1, 0.15) is 73.0 Å². The van der Waals surface area contributed by atoms with Gasteiger partial charge in [-0.15, -0.1) is 0 Å². The largest absolute Gasteiger partial charge is 0.508 e. The van der Waals surface area contributed by atoms with E-state index >= 15 is 0 Å². The van der Waals surface area contributed by atoms with E-state index in [4.69, 9.17) is 0 Å². The van der Waals surface area contributed by atoms with Crippen molar-refractivity contribution < 1.29 is 42.2 Å². The summed E-state index contributed by atoms with van der Waals surface area (Å²) < 4.78 is 55.1. The van der Waals surface area contributed by atoms with Crippen LogP contribution >= 0.6 is 0 Å². The number of amides is 2. The van der Waals surface area contributed by atoms with Gasteiger partial charge in [0.1, 0.15) is 11.5 Å². The van der Waals surface area contributed by atoms with Crippen molar-refractivity contribution in [1.82, 2.24) is 25.5 Å². The highest BCUT2D eigenvalue weighted by atomic mass is 19.2. The smallest absolute Gasteiger partial charge is 0.252 e. The van der Waals surface area contributed by atoms with Gasteiger partial charge >= 0.3 is 0 Å². The van der Waals surface area contributed by atoms with E-state index in [1.54, 1.807) is 19.9 Å². The fraction of sp³-hybridized carbons (Fsp3) is 0.184. The fourth-order valence-corrected chi connectivity index (χ4v) is 7.49. The Morgan fingerprint density at radius 2 is 1.12 bits per heavy atom. The Kier molecular flexibility index (Phi) is 7.90. The van der Waals surface area contributed by atoms with Gasteiger partial charge in [-0.05, 0) is 87.6 Å². The van der Waals surface area contributed by atoms with Crippen LogP contribution in [0, 0.1) is 23.3 Å². The Morgan fingerprint density at radius 1 is 0.673 bits per heavy atom. The molecule has 10 nitrogen and oxygen atoms in total. The number of aldehydes is 1. The molecule has 266 valence electrons. The summed E-state index contributed by atoms with van der Waals surface area (Å²) in [5, 5.41) is 26.3. The molecule has 2 aliphatic heterocycles. The first-order valence-corrected chi connectivity index (χ1v) is 16.0. The number of phenolic OH excluding ortho intramolecular Hbond substituents is 2. The number of phenols is 2. The number of nitrogens with zero attached hydrogens (tertiary/aromatic N) is 1. The Labute approximate surface area is 293 Å². The lowest BCUT2D eigenvalue weighted by atomic mass is 9.83. The third-order valence-corrected chi connectivity index (χ3v) is 9.68. The van der Waals surface area contributed by atoms with Crippen molar-refractivity contribution in [3.63, 3.8) is 0 Å². The van der Waals surface area contributed by atoms with E-state index in [0.29, 0.717) is 57.1 Å². The number of hydrogen-bond donors (Lipinski definition) is 6. The number of halogens is 4. The molecular formula is C38H31F4N5O5. The molecule has 0 aliphatic carbocycles. The van der Waals surface area contributed by atoms with E-state index in [2.05, 4.69) is 20.6 Å². The maximum Gasteiger partial charge on any atom is 0.252 e. The van der Waals surface area contributed by atoms with Crippen LogP contribution in [0.25, 0.3) is 21.8 Å². The van der Waals surface area contributed by atoms with Gasteiger partial charge < -0.3 is 35.7 Å². The van der Waals surface area contributed by atoms with Crippen LogP contribution in [0.5, 0.6) is 11.5 Å². The number of H-pyrrole nitrogens is 2. The highest BCUT2D eigenvalue weighted by Crippen LogP contribution is 2.45. The molecule has 2 aromatic heterocycles. The molecule has 8 rings (SSSR count). The topological polar surface area (TPSA) is 151 Å². The van der Waals surface area contributed by atoms with Crippen LogP contribution in [0.15, 0.2) is 60.7 Å². The van der Waals surface area contributed by atoms with Crippen molar-refractivity contribution >= 4 is 39.9 Å². The molecule has 4 aromatic carbocycles. The first-order chi connectivity index (χ1) is 24.5. The molecule has 0 saturated carbocycles. The highest BCUT2D eigenvalue weighted by Gasteiger charge is 2.45. The van der Waals surface area contributed by atoms with Crippen molar-refractivity contribution in [3.05, 3.63) is 129 Å². The maximum absolute atomic E-state index is 14.0. The number of benzene rings is 4. The second-order valence-electron chi connectivity index (χ2n) is 13.5. The molecule has 0 saturated heterocycles. The van der Waals surface area contributed by atoms with Crippen LogP contribution < -0.4 is 10.6 Å². The van der Waals surface area contributed by atoms with E-state index in [1.807, 2.05) is 19.0 Å². The maximum atomic E-state index is 14.0. The average Bonchev–Trinajstić information content (AvgIpc) is 3.76. The van der Waals surface area contributed by atoms with Gasteiger partial charge in [0, 0.05) is 68.4 Å². The molecule has 0 fully saturated rings. The van der Waals surface area contributed by atoms with Crippen LogP contribution in [0.3, 0.4) is 0 Å². The predicted octanol–water partition coefficient (Wildman–Crippen LogP) is 6.19. The summed E-state index contributed by atoms with van der Waals surface area (Å²) in [4.78, 5) is 44.2. The third kappa shape index (κ3) is 5.25. The molecule has 0 radical (unpaired) electrons. The minimum Gasteiger partial charge on any atom is -0.508 e. The van der Waals surface area contributed by atoms with Gasteiger partial charge in [-0.3, -0.25) is 14.4 Å². The van der Waals surface area contributed by atoms with Crippen LogP contribution in [-0.2, 0) is 17.6 Å². The molecule has 14 heteroatoms. The minimum atomic E-state index is -1.19. The SMILES string of the molecule is CC1(c2c(C=O)[nH]c3cc(F)c(F)cc23)NC(=O)c2ccc(O)cc21.CN(C)Cc1[nH]c2cc(F)c(F)cc2c1C1(C)NC(=O)c2ccc(O)cc21. The van der Waals surface area contributed by atoms with E-state index in [0.717, 1.165) is 30.0 Å². The minimum absolute atomic E-state index is 0.0303. The number of carbonyl (C=O) groups is 3. The van der Waals surface area contributed by atoms with Crippen LogP contribution in [0.2, 0.25) is 0 Å². The lowest BCUT2D eigenvalue weighted by Crippen LogP contribution is -2.38. The molecule has 52 heavy (non-hydrogen) atoms. The highest BCUT2D eigenvalue weighted by molar-refractivity contribution is 6.04. The van der Waals surface area contributed by atoms with Gasteiger partial charge in [-0.2, -0.15) is 0 Å². The van der Waals surface area contributed by atoms with Gasteiger partial charge in [-0.25, -0.2) is 17.6 Å². The molecule has 6 aromatic rings. The summed E-state index contributed by atoms with van der Waals surface area (Å²) in [6.07, 6.45) is 0.531. The van der Waals surface area contributed by atoms with Crippen LogP contribution in [-0.4, -0.2) is 57.3 Å². The predicted molar refractivity (Wildman–Crippen MR) is 183 cm³/mol. The number of fused-ring (bicyclic) bond motifs is 4. The normalized spacial score (nSPS) is 19.0. The van der Waals surface area contributed by atoms with E-state index in [-0.39, 0.29) is 39.9 Å². The zero-order valence-corrected chi connectivity index (χ0v) is 28.1. The molecule has 0 spiro atoms. The zero-order valence-electron chi connectivity index (χ0n) is 28.1. The molecule has 0 bridgehead atoms. The number of aromatic nitrogens is 2. The zero-order chi connectivity index (χ0) is 37.4. The van der Waals surface area contributed by atoms with Crippen molar-refractivity contribution in [2.24, 2.45) is 0 Å². The summed E-state index contributed by atoms with van der Waals surface area (Å²) >= 11 is 0. The monoisotopic (exact) mass is 713 g/mol.